The van der Waals surface area contributed by atoms with Gasteiger partial charge < -0.3 is 15.4 Å². The Bertz CT molecular complexity index is 404. The zero-order chi connectivity index (χ0) is 13.4. The Hall–Kier alpha value is -0.720. The van der Waals surface area contributed by atoms with Crippen LogP contribution in [0.3, 0.4) is 0 Å². The molecule has 1 aromatic rings. The van der Waals surface area contributed by atoms with Crippen LogP contribution >= 0.6 is 28.1 Å². The normalized spacial score (nSPS) is 10.2. The summed E-state index contributed by atoms with van der Waals surface area (Å²) in [6.45, 7) is 4.12. The van der Waals surface area contributed by atoms with Crippen LogP contribution in [0.2, 0.25) is 0 Å². The van der Waals surface area contributed by atoms with Gasteiger partial charge in [0.25, 0.3) is 0 Å². The first-order valence-electron chi connectivity index (χ1n) is 5.71. The van der Waals surface area contributed by atoms with Gasteiger partial charge in [-0.2, -0.15) is 0 Å². The summed E-state index contributed by atoms with van der Waals surface area (Å²) in [6.07, 6.45) is 0.879. The minimum absolute atomic E-state index is 0.320. The number of anilines is 1. The van der Waals surface area contributed by atoms with E-state index < -0.39 is 0 Å². The maximum atomic E-state index is 13.3. The van der Waals surface area contributed by atoms with Crippen LogP contribution in [0.1, 0.15) is 13.3 Å². The number of ether oxygens (including phenoxy) is 1. The number of rotatable bonds is 6. The van der Waals surface area contributed by atoms with Gasteiger partial charge in [0.05, 0.1) is 4.47 Å². The van der Waals surface area contributed by atoms with Gasteiger partial charge in [-0.15, -0.1) is 0 Å². The Morgan fingerprint density at radius 2 is 2.28 bits per heavy atom. The number of halogens is 2. The SMILES string of the molecule is CCOCCCNC(=S)Nc1ccc(Br)c(F)c1. The molecule has 0 unspecified atom stereocenters. The second kappa shape index (κ2) is 8.39. The molecule has 0 aliphatic heterocycles. The molecule has 1 aromatic carbocycles. The molecule has 0 fully saturated rings. The molecule has 0 saturated heterocycles. The van der Waals surface area contributed by atoms with Crippen molar-refractivity contribution in [2.45, 2.75) is 13.3 Å². The van der Waals surface area contributed by atoms with E-state index in [1.165, 1.54) is 6.07 Å². The van der Waals surface area contributed by atoms with Crippen molar-refractivity contribution in [2.24, 2.45) is 0 Å². The van der Waals surface area contributed by atoms with Crippen LogP contribution in [-0.2, 0) is 4.74 Å². The average molecular weight is 335 g/mol. The van der Waals surface area contributed by atoms with E-state index in [1.807, 2.05) is 6.92 Å². The highest BCUT2D eigenvalue weighted by molar-refractivity contribution is 9.10. The number of benzene rings is 1. The van der Waals surface area contributed by atoms with Crippen molar-refractivity contribution in [1.82, 2.24) is 5.32 Å². The lowest BCUT2D eigenvalue weighted by atomic mass is 10.3. The summed E-state index contributed by atoms with van der Waals surface area (Å²) >= 11 is 8.19. The van der Waals surface area contributed by atoms with Gasteiger partial charge in [0.2, 0.25) is 0 Å². The molecule has 100 valence electrons. The van der Waals surface area contributed by atoms with Crippen molar-refractivity contribution in [1.29, 1.82) is 0 Å². The van der Waals surface area contributed by atoms with Gasteiger partial charge in [0, 0.05) is 25.4 Å². The van der Waals surface area contributed by atoms with E-state index in [0.717, 1.165) is 19.6 Å². The molecule has 0 spiro atoms. The van der Waals surface area contributed by atoms with E-state index in [9.17, 15) is 4.39 Å². The summed E-state index contributed by atoms with van der Waals surface area (Å²) in [5.41, 5.74) is 0.623. The number of hydrogen-bond donors (Lipinski definition) is 2. The molecule has 0 atom stereocenters. The molecule has 0 aliphatic rings. The van der Waals surface area contributed by atoms with Crippen molar-refractivity contribution in [2.75, 3.05) is 25.1 Å². The molecule has 1 rings (SSSR count). The second-order valence-electron chi connectivity index (χ2n) is 3.56. The summed E-state index contributed by atoms with van der Waals surface area (Å²) in [5.74, 6) is -0.320. The average Bonchev–Trinajstić information content (AvgIpc) is 2.34. The molecular weight excluding hydrogens is 319 g/mol. The minimum atomic E-state index is -0.320. The fourth-order valence-corrected chi connectivity index (χ4v) is 1.74. The molecule has 3 nitrogen and oxygen atoms in total. The monoisotopic (exact) mass is 334 g/mol. The first-order chi connectivity index (χ1) is 8.63. The summed E-state index contributed by atoms with van der Waals surface area (Å²) in [5, 5.41) is 6.43. The first kappa shape index (κ1) is 15.3. The second-order valence-corrected chi connectivity index (χ2v) is 4.82. The molecule has 0 amide bonds. The van der Waals surface area contributed by atoms with Crippen LogP contribution in [0.4, 0.5) is 10.1 Å². The Balaban J connectivity index is 2.29. The van der Waals surface area contributed by atoms with Crippen LogP contribution in [-0.4, -0.2) is 24.9 Å². The lowest BCUT2D eigenvalue weighted by Crippen LogP contribution is -2.29. The predicted molar refractivity (Wildman–Crippen MR) is 79.4 cm³/mol. The van der Waals surface area contributed by atoms with Crippen molar-refractivity contribution in [3.8, 4) is 0 Å². The quantitative estimate of drug-likeness (QED) is 0.617. The van der Waals surface area contributed by atoms with E-state index in [-0.39, 0.29) is 5.82 Å². The molecule has 2 N–H and O–H groups in total. The molecule has 0 aliphatic carbocycles. The minimum Gasteiger partial charge on any atom is -0.382 e. The molecule has 0 aromatic heterocycles. The first-order valence-corrected chi connectivity index (χ1v) is 6.91. The lowest BCUT2D eigenvalue weighted by Gasteiger charge is -2.10. The Morgan fingerprint density at radius 1 is 1.50 bits per heavy atom. The zero-order valence-corrected chi connectivity index (χ0v) is 12.5. The van der Waals surface area contributed by atoms with E-state index in [0.29, 0.717) is 21.9 Å². The predicted octanol–water partition coefficient (Wildman–Crippen LogP) is 3.30. The smallest absolute Gasteiger partial charge is 0.170 e. The fraction of sp³-hybridized carbons (Fsp3) is 0.417. The molecular formula is C12H16BrFN2OS. The zero-order valence-electron chi connectivity index (χ0n) is 10.1. The molecule has 0 radical (unpaired) electrons. The van der Waals surface area contributed by atoms with E-state index in [1.54, 1.807) is 12.1 Å². The highest BCUT2D eigenvalue weighted by atomic mass is 79.9. The van der Waals surface area contributed by atoms with Crippen molar-refractivity contribution >= 4 is 38.9 Å². The van der Waals surface area contributed by atoms with Crippen LogP contribution in [0, 0.1) is 5.82 Å². The van der Waals surface area contributed by atoms with Gasteiger partial charge in [-0.05, 0) is 59.7 Å². The van der Waals surface area contributed by atoms with Gasteiger partial charge in [-0.1, -0.05) is 0 Å². The Morgan fingerprint density at radius 3 is 2.94 bits per heavy atom. The Kier molecular flexibility index (Phi) is 7.15. The third-order valence-electron chi connectivity index (χ3n) is 2.13. The molecule has 0 heterocycles. The van der Waals surface area contributed by atoms with Gasteiger partial charge in [0.1, 0.15) is 5.82 Å². The summed E-state index contributed by atoms with van der Waals surface area (Å²) < 4.78 is 18.9. The van der Waals surface area contributed by atoms with Gasteiger partial charge >= 0.3 is 0 Å². The van der Waals surface area contributed by atoms with Gasteiger partial charge in [-0.3, -0.25) is 0 Å². The van der Waals surface area contributed by atoms with E-state index in [2.05, 4.69) is 26.6 Å². The van der Waals surface area contributed by atoms with E-state index >= 15 is 0 Å². The molecule has 6 heteroatoms. The Labute approximate surface area is 120 Å². The summed E-state index contributed by atoms with van der Waals surface area (Å²) in [6, 6.07) is 4.77. The number of hydrogen-bond acceptors (Lipinski definition) is 2. The third kappa shape index (κ3) is 5.75. The van der Waals surface area contributed by atoms with Gasteiger partial charge in [0.15, 0.2) is 5.11 Å². The molecule has 0 bridgehead atoms. The maximum Gasteiger partial charge on any atom is 0.170 e. The van der Waals surface area contributed by atoms with Gasteiger partial charge in [-0.25, -0.2) is 4.39 Å². The standard InChI is InChI=1S/C12H16BrFN2OS/c1-2-17-7-3-6-15-12(18)16-9-4-5-10(13)11(14)8-9/h4-5,8H,2-3,6-7H2,1H3,(H2,15,16,18). The van der Waals surface area contributed by atoms with E-state index in [4.69, 9.17) is 17.0 Å². The summed E-state index contributed by atoms with van der Waals surface area (Å²) in [4.78, 5) is 0. The fourth-order valence-electron chi connectivity index (χ4n) is 1.27. The van der Waals surface area contributed by atoms with Crippen molar-refractivity contribution in [3.63, 3.8) is 0 Å². The summed E-state index contributed by atoms with van der Waals surface area (Å²) in [7, 11) is 0. The molecule has 18 heavy (non-hydrogen) atoms. The number of thiocarbonyl (C=S) groups is 1. The van der Waals surface area contributed by atoms with Crippen molar-refractivity contribution < 1.29 is 9.13 Å². The topological polar surface area (TPSA) is 33.3 Å². The van der Waals surface area contributed by atoms with Crippen LogP contribution in [0.5, 0.6) is 0 Å². The highest BCUT2D eigenvalue weighted by Crippen LogP contribution is 2.19. The maximum absolute atomic E-state index is 13.3. The van der Waals surface area contributed by atoms with Crippen LogP contribution in [0.25, 0.3) is 0 Å². The van der Waals surface area contributed by atoms with Crippen LogP contribution in [0.15, 0.2) is 22.7 Å². The lowest BCUT2D eigenvalue weighted by molar-refractivity contribution is 0.146. The van der Waals surface area contributed by atoms with Crippen molar-refractivity contribution in [3.05, 3.63) is 28.5 Å². The third-order valence-corrected chi connectivity index (χ3v) is 3.02. The van der Waals surface area contributed by atoms with Crippen LogP contribution < -0.4 is 10.6 Å². The number of nitrogens with one attached hydrogen (secondary N) is 2. The highest BCUT2D eigenvalue weighted by Gasteiger charge is 2.02. The largest absolute Gasteiger partial charge is 0.382 e. The molecule has 0 saturated carbocycles.